The van der Waals surface area contributed by atoms with Gasteiger partial charge in [-0.25, -0.2) is 9.97 Å². The zero-order chi connectivity index (χ0) is 12.3. The molecule has 1 aromatic heterocycles. The molecule has 4 heteroatoms. The maximum atomic E-state index is 5.67. The Bertz CT molecular complexity index is 364. The Morgan fingerprint density at radius 3 is 2.76 bits per heavy atom. The molecule has 94 valence electrons. The number of anilines is 2. The molecule has 1 aliphatic carbocycles. The van der Waals surface area contributed by atoms with Crippen LogP contribution in [0.2, 0.25) is 0 Å². The summed E-state index contributed by atoms with van der Waals surface area (Å²) >= 11 is 0. The van der Waals surface area contributed by atoms with Crippen LogP contribution in [0.1, 0.15) is 39.5 Å². The van der Waals surface area contributed by atoms with Gasteiger partial charge in [-0.3, -0.25) is 0 Å². The maximum absolute atomic E-state index is 5.67. The summed E-state index contributed by atoms with van der Waals surface area (Å²) in [4.78, 5) is 8.14. The van der Waals surface area contributed by atoms with E-state index >= 15 is 0 Å². The van der Waals surface area contributed by atoms with Crippen molar-refractivity contribution in [3.05, 3.63) is 12.4 Å². The average molecular weight is 234 g/mol. The molecule has 1 heterocycles. The average Bonchev–Trinajstić information content (AvgIpc) is 2.29. The van der Waals surface area contributed by atoms with E-state index in [9.17, 15) is 0 Å². The highest BCUT2D eigenvalue weighted by molar-refractivity contribution is 5.44. The molecule has 4 nitrogen and oxygen atoms in total. The lowest BCUT2D eigenvalue weighted by atomic mass is 9.78. The van der Waals surface area contributed by atoms with Gasteiger partial charge in [0.15, 0.2) is 0 Å². The van der Waals surface area contributed by atoms with E-state index in [1.807, 2.05) is 6.07 Å². The molecule has 0 amide bonds. The molecule has 3 N–H and O–H groups in total. The second kappa shape index (κ2) is 5.34. The number of hydrogen-bond donors (Lipinski definition) is 2. The quantitative estimate of drug-likeness (QED) is 0.844. The molecule has 1 saturated carbocycles. The van der Waals surface area contributed by atoms with Gasteiger partial charge in [0.25, 0.3) is 0 Å². The fourth-order valence-corrected chi connectivity index (χ4v) is 2.78. The van der Waals surface area contributed by atoms with Gasteiger partial charge in [0.1, 0.15) is 18.0 Å². The van der Waals surface area contributed by atoms with Gasteiger partial charge < -0.3 is 11.1 Å². The van der Waals surface area contributed by atoms with Crippen LogP contribution in [0.15, 0.2) is 12.4 Å². The molecule has 0 saturated heterocycles. The Morgan fingerprint density at radius 1 is 1.29 bits per heavy atom. The maximum Gasteiger partial charge on any atom is 0.131 e. The minimum Gasteiger partial charge on any atom is -0.384 e. The molecule has 0 aliphatic heterocycles. The number of rotatable bonds is 3. The van der Waals surface area contributed by atoms with Crippen LogP contribution >= 0.6 is 0 Å². The van der Waals surface area contributed by atoms with E-state index in [2.05, 4.69) is 29.1 Å². The fraction of sp³-hybridized carbons (Fsp3) is 0.692. The molecule has 2 rings (SSSR count). The van der Waals surface area contributed by atoms with Crippen LogP contribution in [0, 0.1) is 11.8 Å². The second-order valence-electron chi connectivity index (χ2n) is 5.27. The summed E-state index contributed by atoms with van der Waals surface area (Å²) in [6.45, 7) is 4.61. The largest absolute Gasteiger partial charge is 0.384 e. The van der Waals surface area contributed by atoms with Gasteiger partial charge in [-0.15, -0.1) is 0 Å². The van der Waals surface area contributed by atoms with E-state index in [1.165, 1.54) is 32.0 Å². The summed E-state index contributed by atoms with van der Waals surface area (Å²) in [5.41, 5.74) is 5.67. The number of nitrogens with one attached hydrogen (secondary N) is 1. The first-order valence-corrected chi connectivity index (χ1v) is 6.51. The molecule has 1 aliphatic rings. The summed E-state index contributed by atoms with van der Waals surface area (Å²) < 4.78 is 0. The van der Waals surface area contributed by atoms with E-state index in [4.69, 9.17) is 5.73 Å². The molecule has 1 aromatic rings. The lowest BCUT2D eigenvalue weighted by Crippen LogP contribution is -2.35. The van der Waals surface area contributed by atoms with E-state index in [1.54, 1.807) is 0 Å². The van der Waals surface area contributed by atoms with Crippen molar-refractivity contribution in [1.82, 2.24) is 9.97 Å². The van der Waals surface area contributed by atoms with E-state index in [0.29, 0.717) is 17.8 Å². The summed E-state index contributed by atoms with van der Waals surface area (Å²) in [6.07, 6.45) is 6.72. The van der Waals surface area contributed by atoms with Crippen molar-refractivity contribution in [3.8, 4) is 0 Å². The highest BCUT2D eigenvalue weighted by Crippen LogP contribution is 2.31. The minimum absolute atomic E-state index is 0.526. The third kappa shape index (κ3) is 3.08. The van der Waals surface area contributed by atoms with Crippen LogP contribution < -0.4 is 11.1 Å². The second-order valence-corrected chi connectivity index (χ2v) is 5.27. The van der Waals surface area contributed by atoms with Gasteiger partial charge in [0.05, 0.1) is 0 Å². The summed E-state index contributed by atoms with van der Waals surface area (Å²) in [5.74, 6) is 2.83. The van der Waals surface area contributed by atoms with E-state index < -0.39 is 0 Å². The lowest BCUT2D eigenvalue weighted by Gasteiger charge is -2.35. The third-order valence-corrected chi connectivity index (χ3v) is 3.70. The Hall–Kier alpha value is -1.32. The summed E-state index contributed by atoms with van der Waals surface area (Å²) in [5, 5.41) is 3.52. The van der Waals surface area contributed by atoms with Crippen LogP contribution in [0.25, 0.3) is 0 Å². The van der Waals surface area contributed by atoms with Crippen molar-refractivity contribution < 1.29 is 0 Å². The zero-order valence-corrected chi connectivity index (χ0v) is 10.7. The predicted molar refractivity (Wildman–Crippen MR) is 70.7 cm³/mol. The number of nitrogen functional groups attached to an aromatic ring is 1. The smallest absolute Gasteiger partial charge is 0.131 e. The van der Waals surface area contributed by atoms with Crippen LogP contribution in [-0.2, 0) is 0 Å². The van der Waals surface area contributed by atoms with Crippen molar-refractivity contribution in [1.29, 1.82) is 0 Å². The van der Waals surface area contributed by atoms with Gasteiger partial charge in [-0.2, -0.15) is 0 Å². The lowest BCUT2D eigenvalue weighted by molar-refractivity contribution is 0.253. The topological polar surface area (TPSA) is 63.8 Å². The molecule has 0 aromatic carbocycles. The number of aromatic nitrogens is 2. The van der Waals surface area contributed by atoms with Gasteiger partial charge in [0, 0.05) is 12.1 Å². The first kappa shape index (κ1) is 12.1. The number of nitrogens with zero attached hydrogens (tertiary/aromatic N) is 2. The first-order chi connectivity index (χ1) is 8.16. The standard InChI is InChI=1S/C13H22N4/c1-9(2)10-5-3-4-6-11(10)17-13-7-12(14)15-8-16-13/h7-11H,3-6H2,1-2H3,(H3,14,15,16,17). The van der Waals surface area contributed by atoms with Crippen molar-refractivity contribution in [2.24, 2.45) is 11.8 Å². The van der Waals surface area contributed by atoms with E-state index in [0.717, 1.165) is 11.7 Å². The summed E-state index contributed by atoms with van der Waals surface area (Å²) in [7, 11) is 0. The van der Waals surface area contributed by atoms with Gasteiger partial charge in [-0.1, -0.05) is 26.7 Å². The van der Waals surface area contributed by atoms with Gasteiger partial charge in [0.2, 0.25) is 0 Å². The molecule has 2 unspecified atom stereocenters. The molecule has 0 spiro atoms. The first-order valence-electron chi connectivity index (χ1n) is 6.51. The van der Waals surface area contributed by atoms with Crippen LogP contribution in [-0.4, -0.2) is 16.0 Å². The fourth-order valence-electron chi connectivity index (χ4n) is 2.78. The normalized spacial score (nSPS) is 24.9. The Labute approximate surface area is 103 Å². The van der Waals surface area contributed by atoms with Crippen LogP contribution in [0.5, 0.6) is 0 Å². The van der Waals surface area contributed by atoms with Crippen molar-refractivity contribution in [2.75, 3.05) is 11.1 Å². The molecular weight excluding hydrogens is 212 g/mol. The van der Waals surface area contributed by atoms with Gasteiger partial charge in [-0.05, 0) is 24.7 Å². The molecule has 0 radical (unpaired) electrons. The highest BCUT2D eigenvalue weighted by atomic mass is 15.1. The number of hydrogen-bond acceptors (Lipinski definition) is 4. The van der Waals surface area contributed by atoms with Crippen LogP contribution in [0.3, 0.4) is 0 Å². The molecule has 17 heavy (non-hydrogen) atoms. The highest BCUT2D eigenvalue weighted by Gasteiger charge is 2.27. The molecule has 0 bridgehead atoms. The monoisotopic (exact) mass is 234 g/mol. The summed E-state index contributed by atoms with van der Waals surface area (Å²) in [6, 6.07) is 2.34. The molecular formula is C13H22N4. The SMILES string of the molecule is CC(C)C1CCCCC1Nc1cc(N)ncn1. The minimum atomic E-state index is 0.526. The Morgan fingerprint density at radius 2 is 2.06 bits per heavy atom. The predicted octanol–water partition coefficient (Wildman–Crippen LogP) is 2.69. The number of nitrogens with two attached hydrogens (primary N) is 1. The van der Waals surface area contributed by atoms with Gasteiger partial charge >= 0.3 is 0 Å². The zero-order valence-electron chi connectivity index (χ0n) is 10.7. The molecule has 2 atom stereocenters. The third-order valence-electron chi connectivity index (χ3n) is 3.70. The van der Waals surface area contributed by atoms with E-state index in [-0.39, 0.29) is 0 Å². The van der Waals surface area contributed by atoms with Crippen molar-refractivity contribution >= 4 is 11.6 Å². The van der Waals surface area contributed by atoms with Crippen molar-refractivity contribution in [2.45, 2.75) is 45.6 Å². The Kier molecular flexibility index (Phi) is 3.82. The van der Waals surface area contributed by atoms with Crippen molar-refractivity contribution in [3.63, 3.8) is 0 Å². The van der Waals surface area contributed by atoms with Crippen LogP contribution in [0.4, 0.5) is 11.6 Å². The molecule has 1 fully saturated rings. The Balaban J connectivity index is 2.05.